The van der Waals surface area contributed by atoms with Crippen molar-refractivity contribution in [2.45, 2.75) is 27.2 Å². The molecule has 0 atom stereocenters. The molecule has 0 bridgehead atoms. The predicted octanol–water partition coefficient (Wildman–Crippen LogP) is 3.55. The minimum atomic E-state index is -0.0238. The maximum absolute atomic E-state index is 12.2. The minimum absolute atomic E-state index is 0.0238. The van der Waals surface area contributed by atoms with E-state index >= 15 is 0 Å². The monoisotopic (exact) mass is 327 g/mol. The Morgan fingerprint density at radius 3 is 2.74 bits per heavy atom. The Hall–Kier alpha value is -0.870. The van der Waals surface area contributed by atoms with Crippen LogP contribution in [0.1, 0.15) is 36.2 Å². The van der Waals surface area contributed by atoms with Crippen LogP contribution < -0.4 is 5.32 Å². The number of hydrogen-bond acceptors (Lipinski definition) is 2. The summed E-state index contributed by atoms with van der Waals surface area (Å²) < 4.78 is 6.00. The Balaban J connectivity index is 2.62. The Morgan fingerprint density at radius 1 is 1.42 bits per heavy atom. The van der Waals surface area contributed by atoms with Gasteiger partial charge in [-0.3, -0.25) is 4.79 Å². The van der Waals surface area contributed by atoms with E-state index in [4.69, 9.17) is 4.74 Å². The molecule has 0 radical (unpaired) electrons. The van der Waals surface area contributed by atoms with Crippen LogP contribution in [0.2, 0.25) is 0 Å². The third-order valence-corrected chi connectivity index (χ3v) is 3.65. The van der Waals surface area contributed by atoms with E-state index in [2.05, 4.69) is 35.1 Å². The van der Waals surface area contributed by atoms with Gasteiger partial charge in [0.15, 0.2) is 0 Å². The molecule has 0 fully saturated rings. The zero-order valence-electron chi connectivity index (χ0n) is 12.0. The molecule has 1 amide bonds. The van der Waals surface area contributed by atoms with Crippen molar-refractivity contribution in [3.8, 4) is 0 Å². The highest BCUT2D eigenvalue weighted by Gasteiger charge is 2.19. The fourth-order valence-corrected chi connectivity index (χ4v) is 2.08. The quantitative estimate of drug-likeness (QED) is 0.867. The number of hydrogen-bond donors (Lipinski definition) is 1. The third kappa shape index (κ3) is 5.33. The highest BCUT2D eigenvalue weighted by Crippen LogP contribution is 2.20. The molecule has 0 aliphatic rings. The van der Waals surface area contributed by atoms with Gasteiger partial charge >= 0.3 is 0 Å². The van der Waals surface area contributed by atoms with E-state index in [0.717, 1.165) is 22.0 Å². The number of nitrogens with one attached hydrogen (secondary N) is 1. The SMILES string of the molecule is COCCC(C)(C)CNC(=O)c1cc(Br)ccc1C. The van der Waals surface area contributed by atoms with Gasteiger partial charge < -0.3 is 10.1 Å². The van der Waals surface area contributed by atoms with Gasteiger partial charge in [0.2, 0.25) is 0 Å². The maximum atomic E-state index is 12.2. The predicted molar refractivity (Wildman–Crippen MR) is 81.5 cm³/mol. The zero-order chi connectivity index (χ0) is 14.5. The summed E-state index contributed by atoms with van der Waals surface area (Å²) in [6, 6.07) is 5.73. The highest BCUT2D eigenvalue weighted by atomic mass is 79.9. The fraction of sp³-hybridized carbons (Fsp3) is 0.533. The van der Waals surface area contributed by atoms with E-state index in [0.29, 0.717) is 13.2 Å². The second-order valence-corrected chi connectivity index (χ2v) is 6.46. The van der Waals surface area contributed by atoms with Crippen LogP contribution in [0, 0.1) is 12.3 Å². The van der Waals surface area contributed by atoms with Crippen molar-refractivity contribution in [2.24, 2.45) is 5.41 Å². The van der Waals surface area contributed by atoms with E-state index in [9.17, 15) is 4.79 Å². The number of benzene rings is 1. The molecule has 1 aromatic rings. The first kappa shape index (κ1) is 16.2. The molecule has 0 spiro atoms. The van der Waals surface area contributed by atoms with E-state index in [1.165, 1.54) is 0 Å². The molecule has 1 aromatic carbocycles. The summed E-state index contributed by atoms with van der Waals surface area (Å²) in [7, 11) is 1.69. The van der Waals surface area contributed by atoms with Crippen molar-refractivity contribution < 1.29 is 9.53 Å². The molecular weight excluding hydrogens is 306 g/mol. The van der Waals surface area contributed by atoms with Crippen molar-refractivity contribution in [1.29, 1.82) is 0 Å². The molecule has 3 nitrogen and oxygen atoms in total. The number of rotatable bonds is 6. The van der Waals surface area contributed by atoms with Crippen LogP contribution in [-0.2, 0) is 4.74 Å². The van der Waals surface area contributed by atoms with Crippen LogP contribution in [0.15, 0.2) is 22.7 Å². The van der Waals surface area contributed by atoms with Gasteiger partial charge in [0.1, 0.15) is 0 Å². The Morgan fingerprint density at radius 2 is 2.11 bits per heavy atom. The van der Waals surface area contributed by atoms with E-state index in [1.807, 2.05) is 25.1 Å². The summed E-state index contributed by atoms with van der Waals surface area (Å²) in [5.41, 5.74) is 1.73. The van der Waals surface area contributed by atoms with Crippen molar-refractivity contribution in [3.63, 3.8) is 0 Å². The molecule has 0 aliphatic carbocycles. The van der Waals surface area contributed by atoms with Gasteiger partial charge in [-0.05, 0) is 36.5 Å². The third-order valence-electron chi connectivity index (χ3n) is 3.15. The lowest BCUT2D eigenvalue weighted by atomic mass is 9.89. The van der Waals surface area contributed by atoms with Crippen LogP contribution in [-0.4, -0.2) is 26.2 Å². The van der Waals surface area contributed by atoms with Crippen molar-refractivity contribution >= 4 is 21.8 Å². The number of carbonyl (C=O) groups excluding carboxylic acids is 1. The molecule has 0 aliphatic heterocycles. The lowest BCUT2D eigenvalue weighted by Crippen LogP contribution is -2.35. The number of ether oxygens (including phenoxy) is 1. The van der Waals surface area contributed by atoms with Gasteiger partial charge in [0.25, 0.3) is 5.91 Å². The number of amides is 1. The second kappa shape index (κ2) is 7.06. The van der Waals surface area contributed by atoms with Gasteiger partial charge in [-0.2, -0.15) is 0 Å². The highest BCUT2D eigenvalue weighted by molar-refractivity contribution is 9.10. The van der Waals surface area contributed by atoms with Crippen molar-refractivity contribution in [2.75, 3.05) is 20.3 Å². The molecular formula is C15H22BrNO2. The molecule has 0 saturated heterocycles. The minimum Gasteiger partial charge on any atom is -0.385 e. The van der Waals surface area contributed by atoms with Crippen molar-refractivity contribution in [1.82, 2.24) is 5.32 Å². The summed E-state index contributed by atoms with van der Waals surface area (Å²) in [5.74, 6) is -0.0238. The summed E-state index contributed by atoms with van der Waals surface area (Å²) in [5, 5.41) is 3.00. The Kier molecular flexibility index (Phi) is 6.01. The molecule has 0 heterocycles. The van der Waals surface area contributed by atoms with Gasteiger partial charge in [-0.25, -0.2) is 0 Å². The first-order valence-corrected chi connectivity index (χ1v) is 7.18. The molecule has 0 saturated carbocycles. The van der Waals surface area contributed by atoms with Crippen LogP contribution in [0.3, 0.4) is 0 Å². The Labute approximate surface area is 123 Å². The normalized spacial score (nSPS) is 11.4. The summed E-state index contributed by atoms with van der Waals surface area (Å²) >= 11 is 3.39. The van der Waals surface area contributed by atoms with Gasteiger partial charge in [0, 0.05) is 30.3 Å². The first-order chi connectivity index (χ1) is 8.85. The van der Waals surface area contributed by atoms with Crippen LogP contribution >= 0.6 is 15.9 Å². The number of methoxy groups -OCH3 is 1. The van der Waals surface area contributed by atoms with Crippen LogP contribution in [0.25, 0.3) is 0 Å². The summed E-state index contributed by atoms with van der Waals surface area (Å²) in [6.07, 6.45) is 0.918. The zero-order valence-corrected chi connectivity index (χ0v) is 13.6. The van der Waals surface area contributed by atoms with Gasteiger partial charge in [0.05, 0.1) is 0 Å². The van der Waals surface area contributed by atoms with E-state index in [1.54, 1.807) is 7.11 Å². The summed E-state index contributed by atoms with van der Waals surface area (Å²) in [6.45, 7) is 7.54. The maximum Gasteiger partial charge on any atom is 0.251 e. The molecule has 1 N–H and O–H groups in total. The smallest absolute Gasteiger partial charge is 0.251 e. The molecule has 1 rings (SSSR count). The van der Waals surface area contributed by atoms with Gasteiger partial charge in [-0.15, -0.1) is 0 Å². The summed E-state index contributed by atoms with van der Waals surface area (Å²) in [4.78, 5) is 12.2. The number of carbonyl (C=O) groups is 1. The van der Waals surface area contributed by atoms with E-state index < -0.39 is 0 Å². The molecule has 106 valence electrons. The average Bonchev–Trinajstić information content (AvgIpc) is 2.36. The standard InChI is InChI=1S/C15H22BrNO2/c1-11-5-6-12(16)9-13(11)14(18)17-10-15(2,3)7-8-19-4/h5-6,9H,7-8,10H2,1-4H3,(H,17,18). The average molecular weight is 328 g/mol. The first-order valence-electron chi connectivity index (χ1n) is 6.39. The lowest BCUT2D eigenvalue weighted by molar-refractivity contribution is 0.0920. The van der Waals surface area contributed by atoms with Crippen molar-refractivity contribution in [3.05, 3.63) is 33.8 Å². The number of halogens is 1. The molecule has 0 unspecified atom stereocenters. The topological polar surface area (TPSA) is 38.3 Å². The Bertz CT molecular complexity index is 444. The van der Waals surface area contributed by atoms with Gasteiger partial charge in [-0.1, -0.05) is 35.8 Å². The lowest BCUT2D eigenvalue weighted by Gasteiger charge is -2.24. The largest absolute Gasteiger partial charge is 0.385 e. The fourth-order valence-electron chi connectivity index (χ4n) is 1.72. The second-order valence-electron chi connectivity index (χ2n) is 5.55. The number of aryl methyl sites for hydroxylation is 1. The van der Waals surface area contributed by atoms with Crippen LogP contribution in [0.4, 0.5) is 0 Å². The molecule has 4 heteroatoms. The molecule has 19 heavy (non-hydrogen) atoms. The molecule has 0 aromatic heterocycles. The van der Waals surface area contributed by atoms with Crippen LogP contribution in [0.5, 0.6) is 0 Å². The van der Waals surface area contributed by atoms with E-state index in [-0.39, 0.29) is 11.3 Å².